The van der Waals surface area contributed by atoms with Gasteiger partial charge in [0.1, 0.15) is 5.82 Å². The molecule has 0 radical (unpaired) electrons. The Kier molecular flexibility index (Phi) is 4.27. The number of aromatic amines is 1. The molecule has 1 aliphatic rings. The molecule has 3 rings (SSSR count). The van der Waals surface area contributed by atoms with Crippen molar-refractivity contribution in [2.45, 2.75) is 30.3 Å². The van der Waals surface area contributed by atoms with E-state index < -0.39 is 15.8 Å². The Balaban J connectivity index is 1.77. The molecule has 1 saturated heterocycles. The Morgan fingerprint density at radius 3 is 2.74 bits per heavy atom. The second kappa shape index (κ2) is 6.21. The highest BCUT2D eigenvalue weighted by Crippen LogP contribution is 2.27. The molecule has 0 aliphatic carbocycles. The van der Waals surface area contributed by atoms with Gasteiger partial charge in [-0.2, -0.15) is 4.31 Å². The molecule has 23 heavy (non-hydrogen) atoms. The van der Waals surface area contributed by atoms with Crippen LogP contribution in [0.3, 0.4) is 0 Å². The van der Waals surface area contributed by atoms with Crippen LogP contribution < -0.4 is 0 Å². The largest absolute Gasteiger partial charge is 0.335 e. The highest BCUT2D eigenvalue weighted by Gasteiger charge is 2.37. The summed E-state index contributed by atoms with van der Waals surface area (Å²) in [4.78, 5) is 18.6. The average molecular weight is 337 g/mol. The van der Waals surface area contributed by atoms with Crippen molar-refractivity contribution in [2.24, 2.45) is 0 Å². The first-order valence-electron chi connectivity index (χ1n) is 7.27. The van der Waals surface area contributed by atoms with E-state index in [0.29, 0.717) is 24.9 Å². The normalized spacial score (nSPS) is 19.1. The summed E-state index contributed by atoms with van der Waals surface area (Å²) in [5, 5.41) is 0.0265. The Bertz CT molecular complexity index is 788. The third kappa shape index (κ3) is 3.18. The lowest BCUT2D eigenvalue weighted by atomic mass is 10.0. The molecule has 2 aromatic rings. The molecule has 1 fully saturated rings. The van der Waals surface area contributed by atoms with Crippen LogP contribution in [-0.2, 0) is 10.0 Å². The summed E-state index contributed by atoms with van der Waals surface area (Å²) in [6.45, 7) is 0.378. The van der Waals surface area contributed by atoms with E-state index in [0.717, 1.165) is 0 Å². The number of benzene rings is 1. The van der Waals surface area contributed by atoms with Crippen molar-refractivity contribution in [2.75, 3.05) is 6.54 Å². The van der Waals surface area contributed by atoms with Crippen LogP contribution >= 0.6 is 0 Å². The van der Waals surface area contributed by atoms with Crippen LogP contribution in [-0.4, -0.2) is 41.1 Å². The van der Waals surface area contributed by atoms with Crippen LogP contribution in [0.15, 0.2) is 41.8 Å². The number of hydrogen-bond acceptors (Lipinski definition) is 4. The number of nitrogens with one attached hydrogen (secondary N) is 1. The lowest BCUT2D eigenvalue weighted by Crippen LogP contribution is -2.37. The minimum atomic E-state index is -3.68. The fourth-order valence-corrected chi connectivity index (χ4v) is 4.40. The standard InChI is InChI=1S/C15H16FN3O3S/c16-12-5-3-11(4-6-12)14(20)8-13-2-1-7-19(13)23(21,22)15-9-17-10-18-15/h3-6,9-10,13H,1-2,7-8H2,(H,17,18)/t13-/m0/s1. The van der Waals surface area contributed by atoms with Gasteiger partial charge in [-0.25, -0.2) is 17.8 Å². The number of Topliss-reactive ketones (excluding diaryl/α,β-unsaturated/α-hetero) is 1. The van der Waals surface area contributed by atoms with E-state index in [-0.39, 0.29) is 23.3 Å². The van der Waals surface area contributed by atoms with Crippen molar-refractivity contribution in [3.05, 3.63) is 48.2 Å². The fraction of sp³-hybridized carbons (Fsp3) is 0.333. The van der Waals surface area contributed by atoms with E-state index in [1.807, 2.05) is 0 Å². The van der Waals surface area contributed by atoms with Crippen molar-refractivity contribution < 1.29 is 17.6 Å². The van der Waals surface area contributed by atoms with Crippen molar-refractivity contribution >= 4 is 15.8 Å². The minimum Gasteiger partial charge on any atom is -0.335 e. The molecule has 6 nitrogen and oxygen atoms in total. The summed E-state index contributed by atoms with van der Waals surface area (Å²) in [6.07, 6.45) is 3.97. The number of nitrogens with zero attached hydrogens (tertiary/aromatic N) is 2. The van der Waals surface area contributed by atoms with Crippen molar-refractivity contribution in [3.63, 3.8) is 0 Å². The zero-order chi connectivity index (χ0) is 16.4. The van der Waals surface area contributed by atoms with Crippen LogP contribution in [0.4, 0.5) is 4.39 Å². The quantitative estimate of drug-likeness (QED) is 0.846. The topological polar surface area (TPSA) is 83.1 Å². The average Bonchev–Trinajstić information content (AvgIpc) is 3.19. The van der Waals surface area contributed by atoms with E-state index in [1.54, 1.807) is 0 Å². The SMILES string of the molecule is O=C(C[C@@H]1CCCN1S(=O)(=O)c1cnc[nH]1)c1ccc(F)cc1. The third-order valence-corrected chi connectivity index (χ3v) is 5.85. The number of sulfonamides is 1. The summed E-state index contributed by atoms with van der Waals surface area (Å²) in [7, 11) is -3.68. The number of halogens is 1. The maximum atomic E-state index is 12.9. The molecule has 0 saturated carbocycles. The van der Waals surface area contributed by atoms with E-state index in [1.165, 1.54) is 41.1 Å². The predicted molar refractivity (Wildman–Crippen MR) is 80.8 cm³/mol. The molecular formula is C15H16FN3O3S. The first-order chi connectivity index (χ1) is 11.0. The van der Waals surface area contributed by atoms with E-state index in [9.17, 15) is 17.6 Å². The van der Waals surface area contributed by atoms with Gasteiger partial charge in [-0.3, -0.25) is 4.79 Å². The zero-order valence-corrected chi connectivity index (χ0v) is 13.1. The Labute approximate surface area is 133 Å². The monoisotopic (exact) mass is 337 g/mol. The van der Waals surface area contributed by atoms with Gasteiger partial charge in [-0.1, -0.05) is 0 Å². The van der Waals surface area contributed by atoms with Crippen LogP contribution in [0.25, 0.3) is 0 Å². The summed E-state index contributed by atoms with van der Waals surface area (Å²) in [5.74, 6) is -0.604. The van der Waals surface area contributed by atoms with Gasteiger partial charge in [0.25, 0.3) is 10.0 Å². The Hall–Kier alpha value is -2.06. The van der Waals surface area contributed by atoms with Gasteiger partial charge in [0.05, 0.1) is 12.5 Å². The summed E-state index contributed by atoms with van der Waals surface area (Å²) < 4.78 is 39.4. The third-order valence-electron chi connectivity index (χ3n) is 3.97. The zero-order valence-electron chi connectivity index (χ0n) is 12.3. The molecule has 1 atom stereocenters. The van der Waals surface area contributed by atoms with E-state index in [2.05, 4.69) is 9.97 Å². The highest BCUT2D eigenvalue weighted by atomic mass is 32.2. The van der Waals surface area contributed by atoms with Gasteiger partial charge in [0.15, 0.2) is 10.8 Å². The van der Waals surface area contributed by atoms with E-state index >= 15 is 0 Å². The predicted octanol–water partition coefficient (Wildman–Crippen LogP) is 1.97. The fourth-order valence-electron chi connectivity index (χ4n) is 2.81. The number of imidazole rings is 1. The molecule has 1 N–H and O–H groups in total. The maximum Gasteiger partial charge on any atom is 0.260 e. The van der Waals surface area contributed by atoms with Gasteiger partial charge in [0.2, 0.25) is 0 Å². The highest BCUT2D eigenvalue weighted by molar-refractivity contribution is 7.89. The second-order valence-corrected chi connectivity index (χ2v) is 7.32. The van der Waals surface area contributed by atoms with Gasteiger partial charge < -0.3 is 4.98 Å². The Morgan fingerprint density at radius 2 is 2.09 bits per heavy atom. The van der Waals surface area contributed by atoms with Crippen LogP contribution in [0.5, 0.6) is 0 Å². The number of carbonyl (C=O) groups is 1. The summed E-state index contributed by atoms with van der Waals surface area (Å²) in [5.41, 5.74) is 0.386. The van der Waals surface area contributed by atoms with Crippen molar-refractivity contribution in [1.82, 2.24) is 14.3 Å². The molecule has 0 bridgehead atoms. The molecule has 0 unspecified atom stereocenters. The summed E-state index contributed by atoms with van der Waals surface area (Å²) in [6, 6.07) is 4.89. The van der Waals surface area contributed by atoms with Crippen molar-refractivity contribution in [3.8, 4) is 0 Å². The Morgan fingerprint density at radius 1 is 1.35 bits per heavy atom. The molecule has 0 spiro atoms. The molecule has 122 valence electrons. The maximum absolute atomic E-state index is 12.9. The van der Waals surface area contributed by atoms with Gasteiger partial charge in [-0.05, 0) is 37.1 Å². The molecule has 2 heterocycles. The number of aromatic nitrogens is 2. The first kappa shape index (κ1) is 15.8. The minimum absolute atomic E-state index is 0.0265. The number of ketones is 1. The van der Waals surface area contributed by atoms with Crippen LogP contribution in [0.2, 0.25) is 0 Å². The lowest BCUT2D eigenvalue weighted by molar-refractivity contribution is 0.0961. The van der Waals surface area contributed by atoms with Crippen LogP contribution in [0.1, 0.15) is 29.6 Å². The first-order valence-corrected chi connectivity index (χ1v) is 8.71. The lowest BCUT2D eigenvalue weighted by Gasteiger charge is -2.22. The van der Waals surface area contributed by atoms with Crippen LogP contribution in [0, 0.1) is 5.82 Å². The molecule has 1 aromatic heterocycles. The molecule has 8 heteroatoms. The van der Waals surface area contributed by atoms with Gasteiger partial charge in [0, 0.05) is 24.6 Å². The number of hydrogen-bond donors (Lipinski definition) is 1. The van der Waals surface area contributed by atoms with Gasteiger partial charge in [-0.15, -0.1) is 0 Å². The van der Waals surface area contributed by atoms with Crippen molar-refractivity contribution in [1.29, 1.82) is 0 Å². The number of H-pyrrole nitrogens is 1. The number of rotatable bonds is 5. The smallest absolute Gasteiger partial charge is 0.260 e. The molecule has 1 aromatic carbocycles. The van der Waals surface area contributed by atoms with Gasteiger partial charge >= 0.3 is 0 Å². The number of carbonyl (C=O) groups excluding carboxylic acids is 1. The summed E-state index contributed by atoms with van der Waals surface area (Å²) >= 11 is 0. The molecule has 1 aliphatic heterocycles. The van der Waals surface area contributed by atoms with E-state index in [4.69, 9.17) is 0 Å². The second-order valence-electron chi connectivity index (χ2n) is 5.46. The molecule has 0 amide bonds. The molecular weight excluding hydrogens is 321 g/mol.